The maximum atomic E-state index is 12.8. The van der Waals surface area contributed by atoms with Gasteiger partial charge in [-0.2, -0.15) is 13.2 Å². The van der Waals surface area contributed by atoms with Gasteiger partial charge in [0, 0.05) is 24.2 Å². The Morgan fingerprint density at radius 1 is 1.15 bits per heavy atom. The van der Waals surface area contributed by atoms with Crippen LogP contribution in [0.25, 0.3) is 0 Å². The summed E-state index contributed by atoms with van der Waals surface area (Å²) in [5.41, 5.74) is -0.242. The van der Waals surface area contributed by atoms with Gasteiger partial charge in [0.15, 0.2) is 0 Å². The average Bonchev–Trinajstić information content (AvgIpc) is 3.02. The molecule has 4 nitrogen and oxygen atoms in total. The summed E-state index contributed by atoms with van der Waals surface area (Å²) in [6, 6.07) is 9.08. The van der Waals surface area contributed by atoms with Crippen LogP contribution in [0.4, 0.5) is 24.5 Å². The first-order valence-corrected chi connectivity index (χ1v) is 8.22. The van der Waals surface area contributed by atoms with Crippen LogP contribution in [-0.4, -0.2) is 18.4 Å². The van der Waals surface area contributed by atoms with Crippen LogP contribution in [0.5, 0.6) is 0 Å². The van der Waals surface area contributed by atoms with Crippen molar-refractivity contribution in [1.82, 2.24) is 0 Å². The van der Waals surface area contributed by atoms with E-state index in [0.717, 1.165) is 24.6 Å². The molecule has 0 aliphatic carbocycles. The Morgan fingerprint density at radius 3 is 2.58 bits per heavy atom. The van der Waals surface area contributed by atoms with Crippen LogP contribution in [0, 0.1) is 0 Å². The van der Waals surface area contributed by atoms with E-state index >= 15 is 0 Å². The largest absolute Gasteiger partial charge is 0.416 e. The fraction of sp³-hybridized carbons (Fsp3) is 0.222. The number of hydrogen-bond donors (Lipinski definition) is 1. The Morgan fingerprint density at radius 2 is 1.92 bits per heavy atom. The molecule has 1 heterocycles. The molecule has 1 saturated heterocycles. The van der Waals surface area contributed by atoms with Crippen LogP contribution >= 0.6 is 11.6 Å². The molecule has 2 aromatic rings. The Balaban J connectivity index is 1.84. The molecule has 1 N–H and O–H groups in total. The van der Waals surface area contributed by atoms with Gasteiger partial charge < -0.3 is 10.2 Å². The maximum absolute atomic E-state index is 12.8. The molecule has 0 spiro atoms. The van der Waals surface area contributed by atoms with Gasteiger partial charge in [-0.05, 0) is 42.8 Å². The standard InChI is InChI=1S/C18H14ClF3N2O2/c19-14-7-6-12(18(20,21)22)10-15(14)23-17(26)11-3-1-4-13(9-11)24-8-2-5-16(24)25/h1,3-4,6-7,9-10H,2,5,8H2,(H,23,26). The maximum Gasteiger partial charge on any atom is 0.416 e. The first-order valence-electron chi connectivity index (χ1n) is 7.84. The predicted octanol–water partition coefficient (Wildman–Crippen LogP) is 4.74. The smallest absolute Gasteiger partial charge is 0.321 e. The summed E-state index contributed by atoms with van der Waals surface area (Å²) >= 11 is 5.90. The van der Waals surface area contributed by atoms with Crippen LogP contribution in [0.3, 0.4) is 0 Å². The van der Waals surface area contributed by atoms with Gasteiger partial charge in [-0.1, -0.05) is 17.7 Å². The van der Waals surface area contributed by atoms with Gasteiger partial charge in [-0.15, -0.1) is 0 Å². The molecule has 0 bridgehead atoms. The molecule has 1 aliphatic rings. The van der Waals surface area contributed by atoms with Gasteiger partial charge in [-0.3, -0.25) is 9.59 Å². The van der Waals surface area contributed by atoms with Crippen molar-refractivity contribution in [1.29, 1.82) is 0 Å². The fourth-order valence-electron chi connectivity index (χ4n) is 2.73. The van der Waals surface area contributed by atoms with Crippen molar-refractivity contribution in [3.8, 4) is 0 Å². The zero-order valence-electron chi connectivity index (χ0n) is 13.4. The van der Waals surface area contributed by atoms with Crippen LogP contribution < -0.4 is 10.2 Å². The Kier molecular flexibility index (Phi) is 4.91. The number of benzene rings is 2. The summed E-state index contributed by atoms with van der Waals surface area (Å²) in [6.45, 7) is 0.573. The quantitative estimate of drug-likeness (QED) is 0.833. The molecule has 3 rings (SSSR count). The molecular formula is C18H14ClF3N2O2. The SMILES string of the molecule is O=C(Nc1cc(C(F)(F)F)ccc1Cl)c1cccc(N2CCCC2=O)c1. The molecule has 136 valence electrons. The second kappa shape index (κ2) is 6.99. The molecule has 0 atom stereocenters. The molecule has 0 saturated carbocycles. The lowest BCUT2D eigenvalue weighted by molar-refractivity contribution is -0.137. The van der Waals surface area contributed by atoms with Crippen LogP contribution in [0.15, 0.2) is 42.5 Å². The molecule has 0 aromatic heterocycles. The highest BCUT2D eigenvalue weighted by molar-refractivity contribution is 6.34. The Labute approximate surface area is 152 Å². The minimum atomic E-state index is -4.54. The third kappa shape index (κ3) is 3.83. The number of hydrogen-bond acceptors (Lipinski definition) is 2. The van der Waals surface area contributed by atoms with Crippen molar-refractivity contribution in [2.45, 2.75) is 19.0 Å². The number of carbonyl (C=O) groups is 2. The highest BCUT2D eigenvalue weighted by Crippen LogP contribution is 2.34. The van der Waals surface area contributed by atoms with E-state index in [1.807, 2.05) is 0 Å². The van der Waals surface area contributed by atoms with E-state index in [4.69, 9.17) is 11.6 Å². The van der Waals surface area contributed by atoms with Crippen molar-refractivity contribution >= 4 is 34.8 Å². The summed E-state index contributed by atoms with van der Waals surface area (Å²) in [4.78, 5) is 25.8. The van der Waals surface area contributed by atoms with Gasteiger partial charge in [-0.25, -0.2) is 0 Å². The Hall–Kier alpha value is -2.54. The molecule has 26 heavy (non-hydrogen) atoms. The van der Waals surface area contributed by atoms with Crippen LogP contribution in [0.1, 0.15) is 28.8 Å². The van der Waals surface area contributed by atoms with E-state index in [2.05, 4.69) is 5.32 Å². The minimum Gasteiger partial charge on any atom is -0.321 e. The molecule has 0 radical (unpaired) electrons. The number of anilines is 2. The Bertz CT molecular complexity index is 868. The number of carbonyl (C=O) groups excluding carboxylic acids is 2. The topological polar surface area (TPSA) is 49.4 Å². The van der Waals surface area contributed by atoms with Gasteiger partial charge in [0.2, 0.25) is 5.91 Å². The molecule has 1 aliphatic heterocycles. The molecule has 0 unspecified atom stereocenters. The van der Waals surface area contributed by atoms with E-state index in [0.29, 0.717) is 18.7 Å². The number of rotatable bonds is 3. The molecule has 2 amide bonds. The zero-order chi connectivity index (χ0) is 18.9. The molecule has 1 fully saturated rings. The van der Waals surface area contributed by atoms with Gasteiger partial charge >= 0.3 is 6.18 Å². The van der Waals surface area contributed by atoms with E-state index in [1.165, 1.54) is 12.1 Å². The zero-order valence-corrected chi connectivity index (χ0v) is 14.2. The van der Waals surface area contributed by atoms with Gasteiger partial charge in [0.25, 0.3) is 5.91 Å². The van der Waals surface area contributed by atoms with Crippen LogP contribution in [-0.2, 0) is 11.0 Å². The van der Waals surface area contributed by atoms with Crippen molar-refractivity contribution in [3.63, 3.8) is 0 Å². The number of alkyl halides is 3. The summed E-state index contributed by atoms with van der Waals surface area (Å²) in [5, 5.41) is 2.39. The van der Waals surface area contributed by atoms with Gasteiger partial charge in [0.1, 0.15) is 0 Å². The second-order valence-corrected chi connectivity index (χ2v) is 6.25. The average molecular weight is 383 g/mol. The first kappa shape index (κ1) is 18.3. The van der Waals surface area contributed by atoms with Crippen molar-refractivity contribution < 1.29 is 22.8 Å². The normalized spacial score (nSPS) is 14.6. The second-order valence-electron chi connectivity index (χ2n) is 5.85. The first-order chi connectivity index (χ1) is 12.3. The van der Waals surface area contributed by atoms with E-state index in [-0.39, 0.29) is 22.2 Å². The number of halogens is 4. The monoisotopic (exact) mass is 382 g/mol. The molecule has 8 heteroatoms. The summed E-state index contributed by atoms with van der Waals surface area (Å²) < 4.78 is 38.5. The van der Waals surface area contributed by atoms with Crippen LogP contribution in [0.2, 0.25) is 5.02 Å². The molecular weight excluding hydrogens is 369 g/mol. The van der Waals surface area contributed by atoms with Crippen molar-refractivity contribution in [2.24, 2.45) is 0 Å². The van der Waals surface area contributed by atoms with E-state index in [9.17, 15) is 22.8 Å². The van der Waals surface area contributed by atoms with Crippen molar-refractivity contribution in [2.75, 3.05) is 16.8 Å². The van der Waals surface area contributed by atoms with Crippen molar-refractivity contribution in [3.05, 3.63) is 58.6 Å². The third-order valence-corrected chi connectivity index (χ3v) is 4.36. The van der Waals surface area contributed by atoms with Gasteiger partial charge in [0.05, 0.1) is 16.3 Å². The molecule has 2 aromatic carbocycles. The highest BCUT2D eigenvalue weighted by atomic mass is 35.5. The van der Waals surface area contributed by atoms with E-state index < -0.39 is 17.6 Å². The lowest BCUT2D eigenvalue weighted by atomic mass is 10.1. The summed E-state index contributed by atoms with van der Waals surface area (Å²) in [6.07, 6.45) is -3.34. The number of amides is 2. The predicted molar refractivity (Wildman–Crippen MR) is 92.4 cm³/mol. The number of nitrogens with one attached hydrogen (secondary N) is 1. The fourth-order valence-corrected chi connectivity index (χ4v) is 2.89. The summed E-state index contributed by atoms with van der Waals surface area (Å²) in [5.74, 6) is -0.636. The van der Waals surface area contributed by atoms with E-state index in [1.54, 1.807) is 17.0 Å². The number of nitrogens with zero attached hydrogens (tertiary/aromatic N) is 1. The lowest BCUT2D eigenvalue weighted by Crippen LogP contribution is -2.24. The lowest BCUT2D eigenvalue weighted by Gasteiger charge is -2.17. The highest BCUT2D eigenvalue weighted by Gasteiger charge is 2.31. The summed E-state index contributed by atoms with van der Waals surface area (Å²) in [7, 11) is 0. The minimum absolute atomic E-state index is 0.00257. The third-order valence-electron chi connectivity index (χ3n) is 4.04.